The normalized spacial score (nSPS) is 12.9. The van der Waals surface area contributed by atoms with Gasteiger partial charge in [0, 0.05) is 36.7 Å². The van der Waals surface area contributed by atoms with Crippen LogP contribution in [0, 0.1) is 6.92 Å². The van der Waals surface area contributed by atoms with Crippen LogP contribution in [0.15, 0.2) is 30.6 Å². The van der Waals surface area contributed by atoms with E-state index in [2.05, 4.69) is 9.55 Å². The molecule has 0 aliphatic carbocycles. The summed E-state index contributed by atoms with van der Waals surface area (Å²) in [6, 6.07) is 5.45. The first-order valence-electron chi connectivity index (χ1n) is 6.30. The van der Waals surface area contributed by atoms with Crippen LogP contribution in [-0.4, -0.2) is 26.9 Å². The number of benzene rings is 1. The number of fused-ring (bicyclic) bond motifs is 1. The Labute approximate surface area is 136 Å². The summed E-state index contributed by atoms with van der Waals surface area (Å²) in [5, 5.41) is 0. The minimum Gasteiger partial charge on any atom is -0.399 e. The number of imidazole rings is 1. The molecule has 0 saturated carbocycles. The lowest BCUT2D eigenvalue weighted by Crippen LogP contribution is -2.38. The maximum absolute atomic E-state index is 12.5. The molecule has 0 unspecified atom stereocenters. The van der Waals surface area contributed by atoms with Crippen LogP contribution >= 0.6 is 24.8 Å². The summed E-state index contributed by atoms with van der Waals surface area (Å²) in [7, 11) is 0. The number of hydrogen-bond donors (Lipinski definition) is 1. The smallest absolute Gasteiger partial charge is 0.254 e. The number of aromatic nitrogens is 2. The average molecular weight is 329 g/mol. The van der Waals surface area contributed by atoms with Crippen LogP contribution < -0.4 is 5.73 Å². The van der Waals surface area contributed by atoms with E-state index in [1.807, 2.05) is 30.2 Å². The van der Waals surface area contributed by atoms with E-state index >= 15 is 0 Å². The highest BCUT2D eigenvalue weighted by molar-refractivity contribution is 5.96. The molecule has 0 bridgehead atoms. The van der Waals surface area contributed by atoms with Gasteiger partial charge in [-0.25, -0.2) is 4.98 Å². The van der Waals surface area contributed by atoms with Crippen LogP contribution in [0.4, 0.5) is 5.69 Å². The van der Waals surface area contributed by atoms with Gasteiger partial charge in [-0.2, -0.15) is 0 Å². The quantitative estimate of drug-likeness (QED) is 0.817. The summed E-state index contributed by atoms with van der Waals surface area (Å²) in [5.41, 5.74) is 8.02. The van der Waals surface area contributed by atoms with Gasteiger partial charge in [0.05, 0.1) is 6.54 Å². The number of carbonyl (C=O) groups is 1. The van der Waals surface area contributed by atoms with Crippen molar-refractivity contribution < 1.29 is 4.79 Å². The predicted octanol–water partition coefficient (Wildman–Crippen LogP) is 2.27. The minimum absolute atomic E-state index is 0. The highest BCUT2D eigenvalue weighted by atomic mass is 35.5. The summed E-state index contributed by atoms with van der Waals surface area (Å²) in [4.78, 5) is 18.6. The molecular formula is C14H18Cl2N4O. The number of halogens is 2. The molecule has 0 spiro atoms. The molecular weight excluding hydrogens is 311 g/mol. The van der Waals surface area contributed by atoms with E-state index in [9.17, 15) is 4.79 Å². The van der Waals surface area contributed by atoms with Crippen molar-refractivity contribution in [2.24, 2.45) is 0 Å². The molecule has 1 aliphatic heterocycles. The van der Waals surface area contributed by atoms with Gasteiger partial charge in [0.25, 0.3) is 5.91 Å². The van der Waals surface area contributed by atoms with Gasteiger partial charge in [0.2, 0.25) is 0 Å². The van der Waals surface area contributed by atoms with Crippen molar-refractivity contribution >= 4 is 36.4 Å². The first kappa shape index (κ1) is 17.3. The summed E-state index contributed by atoms with van der Waals surface area (Å²) in [5.74, 6) is 0.959. The monoisotopic (exact) mass is 328 g/mol. The van der Waals surface area contributed by atoms with Crippen molar-refractivity contribution in [3.05, 3.63) is 47.5 Å². The van der Waals surface area contributed by atoms with E-state index in [0.29, 0.717) is 24.3 Å². The van der Waals surface area contributed by atoms with Crippen molar-refractivity contribution in [3.8, 4) is 0 Å². The van der Waals surface area contributed by atoms with Gasteiger partial charge in [0.1, 0.15) is 5.82 Å². The third kappa shape index (κ3) is 3.31. The van der Waals surface area contributed by atoms with Gasteiger partial charge in [-0.15, -0.1) is 24.8 Å². The number of hydrogen-bond acceptors (Lipinski definition) is 3. The van der Waals surface area contributed by atoms with E-state index in [-0.39, 0.29) is 30.7 Å². The van der Waals surface area contributed by atoms with Crippen LogP contribution in [0.2, 0.25) is 0 Å². The number of nitrogens with zero attached hydrogens (tertiary/aromatic N) is 3. The first-order chi connectivity index (χ1) is 9.15. The lowest BCUT2D eigenvalue weighted by atomic mass is 10.1. The van der Waals surface area contributed by atoms with Crippen LogP contribution in [0.1, 0.15) is 21.7 Å². The maximum Gasteiger partial charge on any atom is 0.254 e. The number of nitrogens with two attached hydrogens (primary N) is 1. The molecule has 5 nitrogen and oxygen atoms in total. The Morgan fingerprint density at radius 3 is 2.81 bits per heavy atom. The van der Waals surface area contributed by atoms with Crippen molar-refractivity contribution in [2.75, 3.05) is 12.3 Å². The van der Waals surface area contributed by atoms with E-state index in [4.69, 9.17) is 5.73 Å². The Kier molecular flexibility index (Phi) is 5.63. The molecule has 1 aliphatic rings. The van der Waals surface area contributed by atoms with Gasteiger partial charge in [0.15, 0.2) is 0 Å². The van der Waals surface area contributed by atoms with Crippen LogP contribution in [-0.2, 0) is 13.1 Å². The molecule has 2 heterocycles. The fraction of sp³-hybridized carbons (Fsp3) is 0.286. The second-order valence-corrected chi connectivity index (χ2v) is 4.84. The molecule has 7 heteroatoms. The Bertz CT molecular complexity index is 642. The SMILES string of the molecule is Cc1ccc(N)cc1C(=O)N1CCn2ccnc2C1.Cl.Cl. The minimum atomic E-state index is 0. The van der Waals surface area contributed by atoms with E-state index in [0.717, 1.165) is 17.9 Å². The van der Waals surface area contributed by atoms with Gasteiger partial charge in [-0.1, -0.05) is 6.07 Å². The Hall–Kier alpha value is -1.72. The topological polar surface area (TPSA) is 64.2 Å². The van der Waals surface area contributed by atoms with E-state index < -0.39 is 0 Å². The van der Waals surface area contributed by atoms with Gasteiger partial charge < -0.3 is 15.2 Å². The summed E-state index contributed by atoms with van der Waals surface area (Å²) >= 11 is 0. The zero-order valence-corrected chi connectivity index (χ0v) is 13.3. The fourth-order valence-corrected chi connectivity index (χ4v) is 2.39. The average Bonchev–Trinajstić information content (AvgIpc) is 2.88. The standard InChI is InChI=1S/C14H16N4O.2ClH/c1-10-2-3-11(15)8-12(10)14(19)18-7-6-17-5-4-16-13(17)9-18;;/h2-5,8H,6-7,9,15H2,1H3;2*1H. The zero-order valence-electron chi connectivity index (χ0n) is 11.7. The molecule has 0 saturated heterocycles. The Morgan fingerprint density at radius 1 is 1.29 bits per heavy atom. The Morgan fingerprint density at radius 2 is 2.05 bits per heavy atom. The van der Waals surface area contributed by atoms with E-state index in [1.165, 1.54) is 0 Å². The van der Waals surface area contributed by atoms with Crippen LogP contribution in [0.5, 0.6) is 0 Å². The summed E-state index contributed by atoms with van der Waals surface area (Å²) < 4.78 is 2.08. The highest BCUT2D eigenvalue weighted by Crippen LogP contribution is 2.18. The second kappa shape index (κ2) is 6.83. The molecule has 114 valence electrons. The predicted molar refractivity (Wildman–Crippen MR) is 87.1 cm³/mol. The number of aryl methyl sites for hydroxylation is 1. The number of nitrogen functional groups attached to an aromatic ring is 1. The second-order valence-electron chi connectivity index (χ2n) is 4.84. The zero-order chi connectivity index (χ0) is 13.4. The summed E-state index contributed by atoms with van der Waals surface area (Å²) in [6.45, 7) is 3.98. The molecule has 1 amide bonds. The van der Waals surface area contributed by atoms with Gasteiger partial charge in [-0.3, -0.25) is 4.79 Å². The van der Waals surface area contributed by atoms with Gasteiger partial charge in [-0.05, 0) is 24.6 Å². The van der Waals surface area contributed by atoms with Crippen molar-refractivity contribution in [3.63, 3.8) is 0 Å². The molecule has 0 atom stereocenters. The van der Waals surface area contributed by atoms with Crippen LogP contribution in [0.3, 0.4) is 0 Å². The maximum atomic E-state index is 12.5. The molecule has 21 heavy (non-hydrogen) atoms. The first-order valence-corrected chi connectivity index (χ1v) is 6.30. The lowest BCUT2D eigenvalue weighted by molar-refractivity contribution is 0.0707. The molecule has 0 radical (unpaired) electrons. The fourth-order valence-electron chi connectivity index (χ4n) is 2.39. The number of amides is 1. The van der Waals surface area contributed by atoms with E-state index in [1.54, 1.807) is 12.3 Å². The molecule has 1 aromatic carbocycles. The van der Waals surface area contributed by atoms with Crippen molar-refractivity contribution in [1.29, 1.82) is 0 Å². The molecule has 2 aromatic rings. The third-order valence-corrected chi connectivity index (χ3v) is 3.52. The lowest BCUT2D eigenvalue weighted by Gasteiger charge is -2.28. The third-order valence-electron chi connectivity index (χ3n) is 3.52. The molecule has 1 aromatic heterocycles. The highest BCUT2D eigenvalue weighted by Gasteiger charge is 2.23. The van der Waals surface area contributed by atoms with Crippen molar-refractivity contribution in [2.45, 2.75) is 20.0 Å². The molecule has 0 fully saturated rings. The number of anilines is 1. The Balaban J connectivity index is 0.00000110. The van der Waals surface area contributed by atoms with Crippen molar-refractivity contribution in [1.82, 2.24) is 14.5 Å². The molecule has 2 N–H and O–H groups in total. The van der Waals surface area contributed by atoms with Crippen LogP contribution in [0.25, 0.3) is 0 Å². The largest absolute Gasteiger partial charge is 0.399 e. The summed E-state index contributed by atoms with van der Waals surface area (Å²) in [6.07, 6.45) is 3.72. The number of rotatable bonds is 1. The molecule has 3 rings (SSSR count). The van der Waals surface area contributed by atoms with Gasteiger partial charge >= 0.3 is 0 Å². The number of carbonyl (C=O) groups excluding carboxylic acids is 1.